The fourth-order valence-corrected chi connectivity index (χ4v) is 2.74. The number of rotatable bonds is 7. The van der Waals surface area contributed by atoms with E-state index in [0.717, 1.165) is 0 Å². The lowest BCUT2D eigenvalue weighted by Gasteiger charge is -2.34. The minimum atomic E-state index is -3.89. The number of carboxylic acids is 1. The number of benzene rings is 1. The van der Waals surface area contributed by atoms with Gasteiger partial charge in [-0.3, -0.25) is 4.79 Å². The van der Waals surface area contributed by atoms with Crippen LogP contribution < -0.4 is 11.1 Å². The number of hydrogen-bond donors (Lipinski definition) is 6. The number of allylic oxidation sites excluding steroid dienone is 2. The summed E-state index contributed by atoms with van der Waals surface area (Å²) in [5, 5.41) is 40.3. The van der Waals surface area contributed by atoms with Crippen molar-refractivity contribution in [2.24, 2.45) is 5.73 Å². The lowest BCUT2D eigenvalue weighted by molar-refractivity contribution is -0.132. The van der Waals surface area contributed by atoms with E-state index in [1.807, 2.05) is 0 Å². The summed E-state index contributed by atoms with van der Waals surface area (Å²) in [5.41, 5.74) is 7.06. The molecule has 1 aliphatic carbocycles. The van der Waals surface area contributed by atoms with Gasteiger partial charge in [0.05, 0.1) is 0 Å². The molecule has 0 radical (unpaired) electrons. The van der Waals surface area contributed by atoms with Crippen LogP contribution in [0, 0.1) is 0 Å². The molecule has 0 unspecified atom stereocenters. The Morgan fingerprint density at radius 3 is 2.42 bits per heavy atom. The van der Waals surface area contributed by atoms with Crippen LogP contribution in [-0.4, -0.2) is 44.8 Å². The minimum Gasteiger partial charge on any atom is -0.558 e. The van der Waals surface area contributed by atoms with Crippen molar-refractivity contribution in [2.75, 3.05) is 0 Å². The van der Waals surface area contributed by atoms with E-state index in [0.29, 0.717) is 24.0 Å². The lowest BCUT2D eigenvalue weighted by Crippen LogP contribution is -2.59. The molecule has 0 aromatic heterocycles. The first-order valence-electron chi connectivity index (χ1n) is 8.24. The number of aliphatic carboxylic acids is 1. The molecule has 0 bridgehead atoms. The minimum absolute atomic E-state index is 0.145. The van der Waals surface area contributed by atoms with Crippen molar-refractivity contribution in [2.45, 2.75) is 31.2 Å². The third kappa shape index (κ3) is 5.27. The van der Waals surface area contributed by atoms with Gasteiger partial charge in [-0.25, -0.2) is 4.79 Å². The smallest absolute Gasteiger partial charge is 0.394 e. The van der Waals surface area contributed by atoms with Gasteiger partial charge in [0.25, 0.3) is 0 Å². The van der Waals surface area contributed by atoms with Crippen LogP contribution in [0.5, 0.6) is 0 Å². The van der Waals surface area contributed by atoms with Crippen LogP contribution in [-0.2, 0) is 9.59 Å². The Labute approximate surface area is 150 Å². The van der Waals surface area contributed by atoms with Crippen LogP contribution in [0.2, 0.25) is 0 Å². The van der Waals surface area contributed by atoms with Crippen LogP contribution in [0.1, 0.15) is 30.9 Å². The van der Waals surface area contributed by atoms with Crippen molar-refractivity contribution in [3.63, 3.8) is 0 Å². The van der Waals surface area contributed by atoms with Gasteiger partial charge in [-0.1, -0.05) is 42.0 Å². The highest BCUT2D eigenvalue weighted by molar-refractivity contribution is 6.58. The predicted molar refractivity (Wildman–Crippen MR) is 95.4 cm³/mol. The van der Waals surface area contributed by atoms with Crippen LogP contribution in [0.15, 0.2) is 53.6 Å². The van der Waals surface area contributed by atoms with Gasteiger partial charge in [0.2, 0.25) is 5.91 Å². The first kappa shape index (κ1) is 19.9. The Hall–Kier alpha value is -2.46. The van der Waals surface area contributed by atoms with Crippen LogP contribution >= 0.6 is 0 Å². The molecule has 0 saturated carbocycles. The zero-order valence-electron chi connectivity index (χ0n) is 14.1. The van der Waals surface area contributed by atoms with Crippen molar-refractivity contribution in [1.29, 1.82) is 0 Å². The van der Waals surface area contributed by atoms with Crippen molar-refractivity contribution >= 4 is 18.6 Å². The second-order valence-corrected chi connectivity index (χ2v) is 6.29. The summed E-state index contributed by atoms with van der Waals surface area (Å²) < 4.78 is 0. The van der Waals surface area contributed by atoms with E-state index in [9.17, 15) is 24.7 Å². The Kier molecular flexibility index (Phi) is 6.33. The molecule has 0 fully saturated rings. The molecule has 1 aromatic rings. The number of carboxylic acid groups (broad SMARTS) is 1. The number of nitrogens with two attached hydrogens (primary N) is 1. The fraction of sp³-hybridized carbons (Fsp3) is 0.294. The monoisotopic (exact) mass is 361 g/mol. The SMILES string of the molecule is N[C@@H](C(=O)N[C@@H](CC1=CCCC(C(=O)O)=C1)[B-](O)(O)O)c1ccccc1. The van der Waals surface area contributed by atoms with E-state index in [2.05, 4.69) is 5.32 Å². The summed E-state index contributed by atoms with van der Waals surface area (Å²) in [5.74, 6) is -3.17. The largest absolute Gasteiger partial charge is 0.558 e. The maximum atomic E-state index is 12.3. The van der Waals surface area contributed by atoms with Gasteiger partial charge < -0.3 is 31.2 Å². The van der Waals surface area contributed by atoms with Gasteiger partial charge in [-0.05, 0) is 36.8 Å². The Balaban J connectivity index is 2.12. The Morgan fingerprint density at radius 1 is 1.19 bits per heavy atom. The highest BCUT2D eigenvalue weighted by atomic mass is 16.5. The molecule has 1 amide bonds. The van der Waals surface area contributed by atoms with E-state index >= 15 is 0 Å². The average molecular weight is 361 g/mol. The van der Waals surface area contributed by atoms with Gasteiger partial charge in [0.15, 0.2) is 0 Å². The van der Waals surface area contributed by atoms with Crippen molar-refractivity contribution < 1.29 is 29.8 Å². The fourth-order valence-electron chi connectivity index (χ4n) is 2.74. The zero-order chi connectivity index (χ0) is 19.3. The number of hydrogen-bond acceptors (Lipinski definition) is 6. The molecule has 1 aromatic carbocycles. The molecule has 26 heavy (non-hydrogen) atoms. The van der Waals surface area contributed by atoms with Crippen molar-refractivity contribution in [3.05, 3.63) is 59.2 Å². The van der Waals surface area contributed by atoms with E-state index < -0.39 is 30.6 Å². The summed E-state index contributed by atoms with van der Waals surface area (Å²) in [6, 6.07) is 7.44. The molecular formula is C17H22BN2O6-. The zero-order valence-corrected chi connectivity index (χ0v) is 14.1. The van der Waals surface area contributed by atoms with Gasteiger partial charge >= 0.3 is 12.7 Å². The molecular weight excluding hydrogens is 339 g/mol. The van der Waals surface area contributed by atoms with Gasteiger partial charge in [0.1, 0.15) is 6.04 Å². The lowest BCUT2D eigenvalue weighted by atomic mass is 9.67. The molecule has 8 nitrogen and oxygen atoms in total. The molecule has 2 rings (SSSR count). The molecule has 0 spiro atoms. The highest BCUT2D eigenvalue weighted by Gasteiger charge is 2.32. The molecule has 140 valence electrons. The van der Waals surface area contributed by atoms with Gasteiger partial charge in [0, 0.05) is 5.57 Å². The molecule has 0 heterocycles. The summed E-state index contributed by atoms with van der Waals surface area (Å²) in [6.45, 7) is -3.89. The normalized spacial score (nSPS) is 16.9. The number of nitrogens with one attached hydrogen (secondary N) is 1. The summed E-state index contributed by atoms with van der Waals surface area (Å²) in [4.78, 5) is 23.4. The first-order valence-corrected chi connectivity index (χ1v) is 8.24. The van der Waals surface area contributed by atoms with Crippen molar-refractivity contribution in [1.82, 2.24) is 5.32 Å². The molecule has 9 heteroatoms. The number of carbonyl (C=O) groups is 2. The van der Waals surface area contributed by atoms with Crippen LogP contribution in [0.3, 0.4) is 0 Å². The molecule has 1 aliphatic rings. The van der Waals surface area contributed by atoms with E-state index in [-0.39, 0.29) is 12.0 Å². The predicted octanol–water partition coefficient (Wildman–Crippen LogP) is -0.252. The molecule has 0 saturated heterocycles. The Morgan fingerprint density at radius 2 is 1.85 bits per heavy atom. The second kappa shape index (κ2) is 8.28. The average Bonchev–Trinajstić information content (AvgIpc) is 2.60. The molecule has 2 atom stereocenters. The Bertz CT molecular complexity index is 727. The number of carbonyl (C=O) groups excluding carboxylic acids is 1. The van der Waals surface area contributed by atoms with Crippen molar-refractivity contribution in [3.8, 4) is 0 Å². The highest BCUT2D eigenvalue weighted by Crippen LogP contribution is 2.22. The summed E-state index contributed by atoms with van der Waals surface area (Å²) in [7, 11) is 0. The summed E-state index contributed by atoms with van der Waals surface area (Å²) >= 11 is 0. The summed E-state index contributed by atoms with van der Waals surface area (Å²) in [6.07, 6.45) is 3.82. The van der Waals surface area contributed by atoms with Gasteiger partial charge in [-0.2, -0.15) is 0 Å². The third-order valence-electron chi connectivity index (χ3n) is 4.22. The second-order valence-electron chi connectivity index (χ2n) is 6.29. The van der Waals surface area contributed by atoms with Gasteiger partial charge in [-0.15, -0.1) is 0 Å². The quantitative estimate of drug-likeness (QED) is 0.366. The molecule has 0 aliphatic heterocycles. The number of amides is 1. The van der Waals surface area contributed by atoms with E-state index in [1.54, 1.807) is 36.4 Å². The van der Waals surface area contributed by atoms with Crippen LogP contribution in [0.25, 0.3) is 0 Å². The standard InChI is InChI=1S/C17H22BN2O6/c19-15(12-6-2-1-3-7-12)16(21)20-14(18(24,25)26)10-11-5-4-8-13(9-11)17(22)23/h1-3,5-7,9,14-15,24-26H,4,8,10,19H2,(H,20,21)(H,22,23)/q-1/t14-,15+/m0/s1. The maximum absolute atomic E-state index is 12.3. The third-order valence-corrected chi connectivity index (χ3v) is 4.22. The first-order chi connectivity index (χ1) is 12.2. The maximum Gasteiger partial charge on any atom is 0.394 e. The van der Waals surface area contributed by atoms with E-state index in [1.165, 1.54) is 6.08 Å². The van der Waals surface area contributed by atoms with Crippen LogP contribution in [0.4, 0.5) is 0 Å². The van der Waals surface area contributed by atoms with E-state index in [4.69, 9.17) is 10.8 Å². The molecule has 7 N–H and O–H groups in total. The topological polar surface area (TPSA) is 153 Å².